The molecule has 7 nitrogen and oxygen atoms in total. The summed E-state index contributed by atoms with van der Waals surface area (Å²) >= 11 is 1.33. The van der Waals surface area contributed by atoms with Crippen molar-refractivity contribution in [3.05, 3.63) is 39.8 Å². The highest BCUT2D eigenvalue weighted by Gasteiger charge is 2.27. The monoisotopic (exact) mass is 402 g/mol. The summed E-state index contributed by atoms with van der Waals surface area (Å²) in [6, 6.07) is 5.44. The predicted octanol–water partition coefficient (Wildman–Crippen LogP) is 3.21. The maximum Gasteiger partial charge on any atom is 0.341 e. The molecule has 148 valence electrons. The second-order valence-corrected chi connectivity index (χ2v) is 7.78. The molecule has 0 aliphatic carbocycles. The molecule has 0 saturated heterocycles. The quantitative estimate of drug-likeness (QED) is 0.611. The van der Waals surface area contributed by atoms with E-state index in [2.05, 4.69) is 5.32 Å². The van der Waals surface area contributed by atoms with Crippen LogP contribution in [0.15, 0.2) is 18.2 Å². The number of carbonyl (C=O) groups excluding carboxylic acids is 3. The fraction of sp³-hybridized carbons (Fsp3) is 0.350. The number of hydrogen-bond donors (Lipinski definition) is 1. The largest absolute Gasteiger partial charge is 0.462 e. The molecule has 0 saturated carbocycles. The number of rotatable bonds is 5. The topological polar surface area (TPSA) is 84.9 Å². The molecule has 0 unspecified atom stereocenters. The zero-order chi connectivity index (χ0) is 20.4. The summed E-state index contributed by atoms with van der Waals surface area (Å²) in [4.78, 5) is 39.4. The summed E-state index contributed by atoms with van der Waals surface area (Å²) in [6.07, 6.45) is 0. The van der Waals surface area contributed by atoms with E-state index in [4.69, 9.17) is 9.47 Å². The molecule has 1 aliphatic rings. The lowest BCUT2D eigenvalue weighted by molar-refractivity contribution is -0.133. The lowest BCUT2D eigenvalue weighted by Crippen LogP contribution is -2.41. The van der Waals surface area contributed by atoms with Gasteiger partial charge in [0.25, 0.3) is 0 Å². The molecule has 3 rings (SSSR count). The van der Waals surface area contributed by atoms with Crippen LogP contribution in [0.25, 0.3) is 0 Å². The molecule has 1 N–H and O–H groups in total. The minimum absolute atomic E-state index is 0.0168. The van der Waals surface area contributed by atoms with Crippen LogP contribution in [0.4, 0.5) is 10.7 Å². The Morgan fingerprint density at radius 2 is 2.04 bits per heavy atom. The van der Waals surface area contributed by atoms with E-state index in [-0.39, 0.29) is 25.6 Å². The first-order valence-electron chi connectivity index (χ1n) is 8.93. The van der Waals surface area contributed by atoms with Gasteiger partial charge in [-0.25, -0.2) is 9.59 Å². The van der Waals surface area contributed by atoms with Crippen molar-refractivity contribution in [1.29, 1.82) is 0 Å². The van der Waals surface area contributed by atoms with Crippen LogP contribution in [-0.4, -0.2) is 37.5 Å². The Bertz CT molecular complexity index is 950. The second kappa shape index (κ2) is 8.02. The van der Waals surface area contributed by atoms with Gasteiger partial charge in [-0.2, -0.15) is 0 Å². The van der Waals surface area contributed by atoms with Crippen LogP contribution < -0.4 is 15.0 Å². The number of hydrogen-bond acceptors (Lipinski definition) is 7. The number of esters is 2. The number of nitrogens with one attached hydrogen (secondary N) is 1. The number of ether oxygens (including phenoxy) is 2. The Labute approximate surface area is 167 Å². The first kappa shape index (κ1) is 19.9. The summed E-state index contributed by atoms with van der Waals surface area (Å²) in [6.45, 7) is 7.58. The van der Waals surface area contributed by atoms with Gasteiger partial charge in [0.15, 0.2) is 5.75 Å². The van der Waals surface area contributed by atoms with Gasteiger partial charge in [0.1, 0.15) is 11.5 Å². The summed E-state index contributed by atoms with van der Waals surface area (Å²) in [5, 5.41) is 3.26. The van der Waals surface area contributed by atoms with E-state index in [1.807, 2.05) is 32.9 Å². The van der Waals surface area contributed by atoms with Crippen molar-refractivity contribution in [2.75, 3.05) is 29.9 Å². The van der Waals surface area contributed by atoms with Crippen molar-refractivity contribution < 1.29 is 23.9 Å². The minimum atomic E-state index is -0.456. The van der Waals surface area contributed by atoms with Crippen LogP contribution in [0.2, 0.25) is 0 Å². The summed E-state index contributed by atoms with van der Waals surface area (Å²) in [7, 11) is 0. The van der Waals surface area contributed by atoms with Crippen molar-refractivity contribution in [2.24, 2.45) is 0 Å². The van der Waals surface area contributed by atoms with Crippen LogP contribution in [0.5, 0.6) is 5.75 Å². The summed E-state index contributed by atoms with van der Waals surface area (Å²) in [5.74, 6) is -0.764. The molecule has 2 heterocycles. The van der Waals surface area contributed by atoms with Crippen molar-refractivity contribution in [1.82, 2.24) is 0 Å². The minimum Gasteiger partial charge on any atom is -0.462 e. The Morgan fingerprint density at radius 1 is 1.29 bits per heavy atom. The van der Waals surface area contributed by atoms with Gasteiger partial charge in [-0.15, -0.1) is 11.3 Å². The lowest BCUT2D eigenvalue weighted by atomic mass is 10.1. The highest BCUT2D eigenvalue weighted by molar-refractivity contribution is 7.16. The van der Waals surface area contributed by atoms with Gasteiger partial charge in [-0.3, -0.25) is 4.79 Å². The first-order chi connectivity index (χ1) is 13.3. The average Bonchev–Trinajstić information content (AvgIpc) is 2.89. The highest BCUT2D eigenvalue weighted by atomic mass is 32.1. The molecule has 0 atom stereocenters. The van der Waals surface area contributed by atoms with Crippen molar-refractivity contribution >= 4 is 39.9 Å². The number of benzene rings is 1. The third kappa shape index (κ3) is 4.01. The van der Waals surface area contributed by atoms with E-state index in [1.165, 1.54) is 11.3 Å². The van der Waals surface area contributed by atoms with E-state index >= 15 is 0 Å². The van der Waals surface area contributed by atoms with Gasteiger partial charge >= 0.3 is 11.9 Å². The van der Waals surface area contributed by atoms with Crippen LogP contribution >= 0.6 is 11.3 Å². The average molecular weight is 402 g/mol. The van der Waals surface area contributed by atoms with E-state index in [0.29, 0.717) is 22.0 Å². The fourth-order valence-corrected chi connectivity index (χ4v) is 4.07. The molecular formula is C20H22N2O5S. The van der Waals surface area contributed by atoms with E-state index < -0.39 is 11.9 Å². The standard InChI is InChI=1S/C20H22N2O5S/c1-5-26-20(25)18-12(3)13(4)28-19(18)21-16(23)9-22-10-17(24)27-15-7-6-11(2)8-14(15)22/h6-8H,5,9-10H2,1-4H3,(H,21,23). The smallest absolute Gasteiger partial charge is 0.341 e. The van der Waals surface area contributed by atoms with Crippen molar-refractivity contribution in [2.45, 2.75) is 27.7 Å². The molecule has 0 radical (unpaired) electrons. The predicted molar refractivity (Wildman–Crippen MR) is 107 cm³/mol. The number of anilines is 2. The van der Waals surface area contributed by atoms with E-state index in [9.17, 15) is 14.4 Å². The maximum atomic E-state index is 12.7. The molecule has 8 heteroatoms. The number of fused-ring (bicyclic) bond motifs is 1. The third-order valence-corrected chi connectivity index (χ3v) is 5.57. The molecule has 1 aromatic carbocycles. The summed E-state index contributed by atoms with van der Waals surface area (Å²) in [5.41, 5.74) is 2.86. The van der Waals surface area contributed by atoms with Crippen LogP contribution in [-0.2, 0) is 14.3 Å². The number of aryl methyl sites for hydroxylation is 2. The Kier molecular flexibility index (Phi) is 5.69. The van der Waals surface area contributed by atoms with Gasteiger partial charge in [0.2, 0.25) is 5.91 Å². The molecule has 2 aromatic rings. The Balaban J connectivity index is 1.81. The molecular weight excluding hydrogens is 380 g/mol. The first-order valence-corrected chi connectivity index (χ1v) is 9.75. The highest BCUT2D eigenvalue weighted by Crippen LogP contribution is 2.34. The van der Waals surface area contributed by atoms with Gasteiger partial charge in [0, 0.05) is 4.88 Å². The van der Waals surface area contributed by atoms with Crippen LogP contribution in [0.3, 0.4) is 0 Å². The molecule has 0 fully saturated rings. The van der Waals surface area contributed by atoms with Crippen LogP contribution in [0, 0.1) is 20.8 Å². The second-order valence-electron chi connectivity index (χ2n) is 6.56. The van der Waals surface area contributed by atoms with Crippen LogP contribution in [0.1, 0.15) is 33.3 Å². The van der Waals surface area contributed by atoms with Gasteiger partial charge in [-0.1, -0.05) is 6.07 Å². The molecule has 28 heavy (non-hydrogen) atoms. The molecule has 1 aliphatic heterocycles. The molecule has 0 spiro atoms. The van der Waals surface area contributed by atoms with Gasteiger partial charge in [-0.05, 0) is 51.0 Å². The Morgan fingerprint density at radius 3 is 2.75 bits per heavy atom. The molecule has 0 bridgehead atoms. The number of thiophene rings is 1. The molecule has 1 aromatic heterocycles. The molecule has 1 amide bonds. The third-order valence-electron chi connectivity index (χ3n) is 4.45. The number of amides is 1. The number of nitrogens with zero attached hydrogens (tertiary/aromatic N) is 1. The SMILES string of the molecule is CCOC(=O)c1c(NC(=O)CN2CC(=O)Oc3ccc(C)cc32)sc(C)c1C. The normalized spacial score (nSPS) is 13.0. The van der Waals surface area contributed by atoms with Gasteiger partial charge < -0.3 is 19.7 Å². The zero-order valence-corrected chi connectivity index (χ0v) is 17.1. The van der Waals surface area contributed by atoms with E-state index in [1.54, 1.807) is 17.9 Å². The zero-order valence-electron chi connectivity index (χ0n) is 16.3. The fourth-order valence-electron chi connectivity index (χ4n) is 3.00. The van der Waals surface area contributed by atoms with E-state index in [0.717, 1.165) is 16.0 Å². The summed E-state index contributed by atoms with van der Waals surface area (Å²) < 4.78 is 10.4. The maximum absolute atomic E-state index is 12.7. The van der Waals surface area contributed by atoms with Crippen molar-refractivity contribution in [3.8, 4) is 5.75 Å². The Hall–Kier alpha value is -2.87. The number of carbonyl (C=O) groups is 3. The van der Waals surface area contributed by atoms with Gasteiger partial charge in [0.05, 0.1) is 24.4 Å². The lowest BCUT2D eigenvalue weighted by Gasteiger charge is -2.29. The van der Waals surface area contributed by atoms with Crippen molar-refractivity contribution in [3.63, 3.8) is 0 Å².